The molecule has 5 heteroatoms. The molecule has 1 amide bonds. The lowest BCUT2D eigenvalue weighted by molar-refractivity contribution is -0.114. The number of carbonyl (C=O) groups excluding carboxylic acids is 2. The molecule has 0 saturated heterocycles. The molecule has 1 N–H and O–H groups in total. The van der Waals surface area contributed by atoms with Crippen molar-refractivity contribution < 1.29 is 9.59 Å². The van der Waals surface area contributed by atoms with Crippen LogP contribution in [0.25, 0.3) is 0 Å². The number of carbonyl (C=O) groups is 2. The summed E-state index contributed by atoms with van der Waals surface area (Å²) in [6.45, 7) is 1.06. The number of nitrogens with one attached hydrogen (secondary N) is 1. The van der Waals surface area contributed by atoms with E-state index in [9.17, 15) is 9.59 Å². The summed E-state index contributed by atoms with van der Waals surface area (Å²) >= 11 is 6.01. The van der Waals surface area contributed by atoms with Gasteiger partial charge in [-0.1, -0.05) is 17.7 Å². The van der Waals surface area contributed by atoms with Gasteiger partial charge < -0.3 is 10.2 Å². The van der Waals surface area contributed by atoms with Crippen LogP contribution >= 0.6 is 11.6 Å². The highest BCUT2D eigenvalue weighted by Crippen LogP contribution is 2.35. The fourth-order valence-electron chi connectivity index (χ4n) is 1.75. The number of fused-ring (bicyclic) bond motifs is 1. The van der Waals surface area contributed by atoms with Gasteiger partial charge in [-0.2, -0.15) is 0 Å². The lowest BCUT2D eigenvalue weighted by Gasteiger charge is -2.16. The van der Waals surface area contributed by atoms with Crippen molar-refractivity contribution in [3.63, 3.8) is 0 Å². The average molecular weight is 239 g/mol. The molecule has 16 heavy (non-hydrogen) atoms. The molecule has 1 aromatic carbocycles. The van der Waals surface area contributed by atoms with Crippen LogP contribution in [-0.4, -0.2) is 31.8 Å². The molecular formula is C11H11ClN2O2. The van der Waals surface area contributed by atoms with Crippen LogP contribution in [0.5, 0.6) is 0 Å². The van der Waals surface area contributed by atoms with Crippen molar-refractivity contribution in [3.8, 4) is 0 Å². The van der Waals surface area contributed by atoms with Crippen molar-refractivity contribution in [1.29, 1.82) is 0 Å². The van der Waals surface area contributed by atoms with E-state index in [1.807, 2.05) is 0 Å². The van der Waals surface area contributed by atoms with Gasteiger partial charge in [0, 0.05) is 13.1 Å². The van der Waals surface area contributed by atoms with Crippen LogP contribution in [0.1, 0.15) is 10.4 Å². The Morgan fingerprint density at radius 1 is 1.38 bits per heavy atom. The summed E-state index contributed by atoms with van der Waals surface area (Å²) in [5.74, 6) is -0.980. The molecule has 1 aromatic rings. The van der Waals surface area contributed by atoms with E-state index in [1.54, 1.807) is 25.2 Å². The fourth-order valence-corrected chi connectivity index (χ4v) is 2.03. The Morgan fingerprint density at radius 3 is 2.81 bits per heavy atom. The summed E-state index contributed by atoms with van der Waals surface area (Å²) < 4.78 is 0. The minimum atomic E-state index is -0.502. The van der Waals surface area contributed by atoms with Gasteiger partial charge in [-0.05, 0) is 19.2 Å². The van der Waals surface area contributed by atoms with Crippen molar-refractivity contribution >= 4 is 29.0 Å². The first-order valence-electron chi connectivity index (χ1n) is 4.96. The number of hydrogen-bond donors (Lipinski definition) is 1. The highest BCUT2D eigenvalue weighted by Gasteiger charge is 2.36. The second-order valence-electron chi connectivity index (χ2n) is 3.53. The summed E-state index contributed by atoms with van der Waals surface area (Å²) in [5, 5.41) is 3.37. The number of halogens is 1. The maximum Gasteiger partial charge on any atom is 0.299 e. The molecule has 1 heterocycles. The van der Waals surface area contributed by atoms with Crippen LogP contribution in [0, 0.1) is 0 Å². The first-order chi connectivity index (χ1) is 7.66. The van der Waals surface area contributed by atoms with Gasteiger partial charge in [0.05, 0.1) is 16.3 Å². The zero-order valence-electron chi connectivity index (χ0n) is 8.79. The number of likely N-dealkylation sites (N-methyl/N-ethyl adjacent to an activating group) is 1. The Bertz CT molecular complexity index is 459. The molecule has 4 nitrogen and oxygen atoms in total. The Balaban J connectivity index is 2.43. The first kappa shape index (κ1) is 11.1. The first-order valence-corrected chi connectivity index (χ1v) is 5.34. The monoisotopic (exact) mass is 238 g/mol. The van der Waals surface area contributed by atoms with Gasteiger partial charge in [-0.3, -0.25) is 9.59 Å². The van der Waals surface area contributed by atoms with E-state index in [-0.39, 0.29) is 0 Å². The van der Waals surface area contributed by atoms with E-state index in [2.05, 4.69) is 5.32 Å². The molecule has 0 spiro atoms. The number of nitrogens with zero attached hydrogens (tertiary/aromatic N) is 1. The third kappa shape index (κ3) is 1.60. The van der Waals surface area contributed by atoms with E-state index >= 15 is 0 Å². The van der Waals surface area contributed by atoms with E-state index in [4.69, 9.17) is 11.6 Å². The third-order valence-electron chi connectivity index (χ3n) is 2.53. The van der Waals surface area contributed by atoms with E-state index in [0.29, 0.717) is 29.4 Å². The largest absolute Gasteiger partial charge is 0.318 e. The number of para-hydroxylation sites is 1. The number of amides is 1. The summed E-state index contributed by atoms with van der Waals surface area (Å²) in [7, 11) is 1.79. The van der Waals surface area contributed by atoms with Crippen LogP contribution in [0.2, 0.25) is 5.02 Å². The standard InChI is InChI=1S/C11H11ClN2O2/c1-13-5-6-14-9-7(10(15)11(14)16)3-2-4-8(9)12/h2-4,13H,5-6H2,1H3. The highest BCUT2D eigenvalue weighted by atomic mass is 35.5. The van der Waals surface area contributed by atoms with Gasteiger partial charge in [-0.25, -0.2) is 0 Å². The molecule has 84 valence electrons. The molecule has 0 bridgehead atoms. The quantitative estimate of drug-likeness (QED) is 0.802. The topological polar surface area (TPSA) is 49.4 Å². The van der Waals surface area contributed by atoms with Crippen LogP contribution in [-0.2, 0) is 4.79 Å². The number of rotatable bonds is 3. The summed E-state index contributed by atoms with van der Waals surface area (Å²) in [4.78, 5) is 24.8. The molecule has 0 fully saturated rings. The fraction of sp³-hybridized carbons (Fsp3) is 0.273. The van der Waals surface area contributed by atoms with Crippen molar-refractivity contribution in [3.05, 3.63) is 28.8 Å². The number of benzene rings is 1. The smallest absolute Gasteiger partial charge is 0.299 e. The molecule has 0 aliphatic carbocycles. The van der Waals surface area contributed by atoms with E-state index in [0.717, 1.165) is 0 Å². The average Bonchev–Trinajstić information content (AvgIpc) is 2.52. The minimum absolute atomic E-state index is 0.397. The van der Waals surface area contributed by atoms with Gasteiger partial charge in [0.1, 0.15) is 0 Å². The zero-order chi connectivity index (χ0) is 11.7. The van der Waals surface area contributed by atoms with Crippen LogP contribution < -0.4 is 10.2 Å². The van der Waals surface area contributed by atoms with Gasteiger partial charge in [0.15, 0.2) is 0 Å². The Morgan fingerprint density at radius 2 is 2.12 bits per heavy atom. The molecule has 1 aliphatic rings. The van der Waals surface area contributed by atoms with Crippen LogP contribution in [0.4, 0.5) is 5.69 Å². The maximum atomic E-state index is 11.7. The van der Waals surface area contributed by atoms with Crippen molar-refractivity contribution in [2.75, 3.05) is 25.0 Å². The second-order valence-corrected chi connectivity index (χ2v) is 3.93. The molecule has 2 rings (SSSR count). The minimum Gasteiger partial charge on any atom is -0.318 e. The Hall–Kier alpha value is -1.39. The molecule has 0 radical (unpaired) electrons. The summed E-state index contributed by atoms with van der Waals surface area (Å²) in [6.07, 6.45) is 0. The van der Waals surface area contributed by atoms with Crippen molar-refractivity contribution in [2.24, 2.45) is 0 Å². The molecular weight excluding hydrogens is 228 g/mol. The highest BCUT2D eigenvalue weighted by molar-refractivity contribution is 6.54. The molecule has 0 unspecified atom stereocenters. The number of Topliss-reactive ketones (excluding diaryl/α,β-unsaturated/α-hetero) is 1. The van der Waals surface area contributed by atoms with Crippen molar-refractivity contribution in [1.82, 2.24) is 5.32 Å². The summed E-state index contributed by atoms with van der Waals surface area (Å²) in [5.41, 5.74) is 0.933. The van der Waals surface area contributed by atoms with Gasteiger partial charge in [0.2, 0.25) is 0 Å². The lowest BCUT2D eigenvalue weighted by atomic mass is 10.1. The molecule has 0 atom stereocenters. The third-order valence-corrected chi connectivity index (χ3v) is 2.83. The Kier molecular flexibility index (Phi) is 2.94. The predicted molar refractivity (Wildman–Crippen MR) is 62.1 cm³/mol. The summed E-state index contributed by atoms with van der Waals surface area (Å²) in [6, 6.07) is 4.98. The van der Waals surface area contributed by atoms with Gasteiger partial charge in [-0.15, -0.1) is 0 Å². The molecule has 0 aromatic heterocycles. The SMILES string of the molecule is CNCCN1C(=O)C(=O)c2cccc(Cl)c21. The van der Waals surface area contributed by atoms with Gasteiger partial charge >= 0.3 is 0 Å². The number of ketones is 1. The number of anilines is 1. The molecule has 0 saturated carbocycles. The zero-order valence-corrected chi connectivity index (χ0v) is 9.54. The predicted octanol–water partition coefficient (Wildman–Crippen LogP) is 1.09. The van der Waals surface area contributed by atoms with Gasteiger partial charge in [0.25, 0.3) is 11.7 Å². The van der Waals surface area contributed by atoms with E-state index in [1.165, 1.54) is 4.90 Å². The lowest BCUT2D eigenvalue weighted by Crippen LogP contribution is -2.35. The maximum absolute atomic E-state index is 11.7. The normalized spacial score (nSPS) is 14.5. The van der Waals surface area contributed by atoms with E-state index < -0.39 is 11.7 Å². The van der Waals surface area contributed by atoms with Crippen LogP contribution in [0.15, 0.2) is 18.2 Å². The van der Waals surface area contributed by atoms with Crippen molar-refractivity contribution in [2.45, 2.75) is 0 Å². The molecule has 1 aliphatic heterocycles. The number of hydrogen-bond acceptors (Lipinski definition) is 3. The van der Waals surface area contributed by atoms with Crippen LogP contribution in [0.3, 0.4) is 0 Å². The Labute approximate surface area is 98.2 Å². The second kappa shape index (κ2) is 4.23.